The van der Waals surface area contributed by atoms with Crippen LogP contribution in [0.1, 0.15) is 15.9 Å². The molecule has 0 saturated carbocycles. The maximum absolute atomic E-state index is 13.0. The maximum atomic E-state index is 13.0. The summed E-state index contributed by atoms with van der Waals surface area (Å²) in [5, 5.41) is 13.3. The third-order valence-electron chi connectivity index (χ3n) is 2.06. The van der Waals surface area contributed by atoms with Gasteiger partial charge in [0, 0.05) is 0 Å². The maximum Gasteiger partial charge on any atom is 0.259 e. The van der Waals surface area contributed by atoms with E-state index >= 15 is 0 Å². The van der Waals surface area contributed by atoms with Crippen molar-refractivity contribution in [2.24, 2.45) is 0 Å². The van der Waals surface area contributed by atoms with Crippen LogP contribution in [0.15, 0.2) is 23.7 Å². The van der Waals surface area contributed by atoms with Crippen LogP contribution in [0.25, 0.3) is 0 Å². The van der Waals surface area contributed by atoms with Gasteiger partial charge in [-0.3, -0.25) is 4.79 Å². The molecule has 0 bridgehead atoms. The number of nitrogens with zero attached hydrogens (tertiary/aromatic N) is 2. The number of aromatic nitrogens is 1. The zero-order chi connectivity index (χ0) is 13.1. The summed E-state index contributed by atoms with van der Waals surface area (Å²) in [7, 11) is 0. The third kappa shape index (κ3) is 2.47. The van der Waals surface area contributed by atoms with E-state index in [0.717, 1.165) is 12.3 Å². The Morgan fingerprint density at radius 1 is 1.61 bits per heavy atom. The van der Waals surface area contributed by atoms with E-state index in [9.17, 15) is 9.18 Å². The van der Waals surface area contributed by atoms with Crippen molar-refractivity contribution in [3.05, 3.63) is 45.8 Å². The summed E-state index contributed by atoms with van der Waals surface area (Å²) in [5.41, 5.74) is 0.266. The molecule has 1 N–H and O–H groups in total. The normalized spacial score (nSPS) is 9.83. The van der Waals surface area contributed by atoms with Crippen LogP contribution < -0.4 is 5.32 Å². The van der Waals surface area contributed by atoms with E-state index in [1.54, 1.807) is 11.4 Å². The van der Waals surface area contributed by atoms with E-state index in [2.05, 4.69) is 10.3 Å². The first-order valence-corrected chi connectivity index (χ1v) is 5.97. The summed E-state index contributed by atoms with van der Waals surface area (Å²) in [6, 6.07) is 4.50. The molecular formula is C11H5ClFN3OS. The van der Waals surface area contributed by atoms with Gasteiger partial charge < -0.3 is 5.32 Å². The molecule has 0 aliphatic heterocycles. The number of hydrogen-bond donors (Lipinski definition) is 1. The second kappa shape index (κ2) is 5.12. The Hall–Kier alpha value is -1.97. The minimum Gasteiger partial charge on any atom is -0.312 e. The average Bonchev–Trinajstić information content (AvgIpc) is 2.79. The molecular weight excluding hydrogens is 277 g/mol. The van der Waals surface area contributed by atoms with Crippen LogP contribution in [-0.4, -0.2) is 10.9 Å². The van der Waals surface area contributed by atoms with Gasteiger partial charge in [0.25, 0.3) is 5.91 Å². The molecule has 0 aromatic carbocycles. The van der Waals surface area contributed by atoms with Crippen molar-refractivity contribution in [2.75, 3.05) is 5.32 Å². The number of anilines is 1. The summed E-state index contributed by atoms with van der Waals surface area (Å²) in [5.74, 6) is -1.26. The molecule has 0 aliphatic carbocycles. The van der Waals surface area contributed by atoms with Gasteiger partial charge in [-0.05, 0) is 17.5 Å². The van der Waals surface area contributed by atoms with Gasteiger partial charge in [-0.15, -0.1) is 11.3 Å². The number of nitrogens with one attached hydrogen (secondary N) is 1. The smallest absolute Gasteiger partial charge is 0.259 e. The molecule has 2 aromatic heterocycles. The minimum atomic E-state index is -0.656. The van der Waals surface area contributed by atoms with Crippen molar-refractivity contribution in [1.82, 2.24) is 4.98 Å². The van der Waals surface area contributed by atoms with Crippen LogP contribution in [0.2, 0.25) is 5.15 Å². The average molecular weight is 282 g/mol. The first-order valence-electron chi connectivity index (χ1n) is 4.72. The number of rotatable bonds is 2. The number of carbonyl (C=O) groups is 1. The third-order valence-corrected chi connectivity index (χ3v) is 3.19. The fraction of sp³-hybridized carbons (Fsp3) is 0. The van der Waals surface area contributed by atoms with E-state index < -0.39 is 11.7 Å². The highest BCUT2D eigenvalue weighted by atomic mass is 35.5. The predicted octanol–water partition coefficient (Wildman–Crippen LogP) is 3.06. The van der Waals surface area contributed by atoms with Crippen molar-refractivity contribution in [1.29, 1.82) is 5.26 Å². The van der Waals surface area contributed by atoms with Gasteiger partial charge in [-0.25, -0.2) is 9.37 Å². The summed E-state index contributed by atoms with van der Waals surface area (Å²) < 4.78 is 13.0. The van der Waals surface area contributed by atoms with Crippen molar-refractivity contribution >= 4 is 33.8 Å². The van der Waals surface area contributed by atoms with E-state index in [4.69, 9.17) is 16.9 Å². The van der Waals surface area contributed by atoms with Gasteiger partial charge in [-0.2, -0.15) is 5.26 Å². The lowest BCUT2D eigenvalue weighted by molar-refractivity contribution is 0.102. The predicted molar refractivity (Wildman–Crippen MR) is 66.2 cm³/mol. The molecule has 1 amide bonds. The zero-order valence-electron chi connectivity index (χ0n) is 8.78. The number of amides is 1. The van der Waals surface area contributed by atoms with E-state index in [1.165, 1.54) is 11.3 Å². The molecule has 0 fully saturated rings. The second-order valence-corrected chi connectivity index (χ2v) is 4.50. The van der Waals surface area contributed by atoms with Gasteiger partial charge in [-0.1, -0.05) is 11.6 Å². The van der Waals surface area contributed by atoms with E-state index in [-0.39, 0.29) is 10.7 Å². The fourth-order valence-electron chi connectivity index (χ4n) is 1.25. The van der Waals surface area contributed by atoms with Crippen LogP contribution in [-0.2, 0) is 0 Å². The number of pyridine rings is 1. The molecule has 0 radical (unpaired) electrons. The topological polar surface area (TPSA) is 65.8 Å². The lowest BCUT2D eigenvalue weighted by atomic mass is 10.2. The molecule has 2 aromatic rings. The fourth-order valence-corrected chi connectivity index (χ4v) is 2.17. The molecule has 90 valence electrons. The van der Waals surface area contributed by atoms with Crippen molar-refractivity contribution in [2.45, 2.75) is 0 Å². The van der Waals surface area contributed by atoms with Crippen molar-refractivity contribution in [3.8, 4) is 6.07 Å². The van der Waals surface area contributed by atoms with E-state index in [0.29, 0.717) is 10.6 Å². The second-order valence-electron chi connectivity index (χ2n) is 3.22. The Kier molecular flexibility index (Phi) is 3.55. The van der Waals surface area contributed by atoms with Crippen LogP contribution >= 0.6 is 22.9 Å². The van der Waals surface area contributed by atoms with Crippen molar-refractivity contribution in [3.63, 3.8) is 0 Å². The molecule has 0 atom stereocenters. The van der Waals surface area contributed by atoms with Crippen LogP contribution in [0.5, 0.6) is 0 Å². The zero-order valence-corrected chi connectivity index (χ0v) is 10.3. The van der Waals surface area contributed by atoms with Gasteiger partial charge in [0.2, 0.25) is 0 Å². The summed E-state index contributed by atoms with van der Waals surface area (Å²) in [4.78, 5) is 15.4. The quantitative estimate of drug-likeness (QED) is 0.860. The number of hydrogen-bond acceptors (Lipinski definition) is 4. The molecule has 0 unspecified atom stereocenters. The molecule has 7 heteroatoms. The standard InChI is InChI=1S/C11H5ClFN3OS/c12-9-8(3-7(13)5-15-9)10(17)16-11-6(4-14)1-2-18-11/h1-3,5H,(H,16,17). The Bertz CT molecular complexity index is 650. The van der Waals surface area contributed by atoms with Crippen LogP contribution in [0.4, 0.5) is 9.39 Å². The summed E-state index contributed by atoms with van der Waals surface area (Å²) >= 11 is 6.90. The number of carbonyl (C=O) groups excluding carboxylic acids is 1. The minimum absolute atomic E-state index is 0.0750. The number of halogens is 2. The molecule has 0 saturated heterocycles. The lowest BCUT2D eigenvalue weighted by Crippen LogP contribution is -2.13. The molecule has 0 spiro atoms. The molecule has 0 aliphatic rings. The highest BCUT2D eigenvalue weighted by molar-refractivity contribution is 7.14. The number of nitriles is 1. The number of thiophene rings is 1. The van der Waals surface area contributed by atoms with Gasteiger partial charge >= 0.3 is 0 Å². The van der Waals surface area contributed by atoms with Gasteiger partial charge in [0.15, 0.2) is 0 Å². The Morgan fingerprint density at radius 3 is 3.11 bits per heavy atom. The molecule has 2 heterocycles. The van der Waals surface area contributed by atoms with Crippen LogP contribution in [0.3, 0.4) is 0 Å². The summed E-state index contributed by atoms with van der Waals surface area (Å²) in [6.07, 6.45) is 0.922. The summed E-state index contributed by atoms with van der Waals surface area (Å²) in [6.45, 7) is 0. The van der Waals surface area contributed by atoms with Crippen molar-refractivity contribution < 1.29 is 9.18 Å². The first kappa shape index (κ1) is 12.5. The van der Waals surface area contributed by atoms with Gasteiger partial charge in [0.1, 0.15) is 22.0 Å². The van der Waals surface area contributed by atoms with Crippen LogP contribution in [0, 0.1) is 17.1 Å². The SMILES string of the molecule is N#Cc1ccsc1NC(=O)c1cc(F)cnc1Cl. The molecule has 2 rings (SSSR count). The molecule has 18 heavy (non-hydrogen) atoms. The lowest BCUT2D eigenvalue weighted by Gasteiger charge is -2.04. The highest BCUT2D eigenvalue weighted by Gasteiger charge is 2.15. The largest absolute Gasteiger partial charge is 0.312 e. The Labute approximate surface area is 111 Å². The van der Waals surface area contributed by atoms with Gasteiger partial charge in [0.05, 0.1) is 17.3 Å². The Balaban J connectivity index is 2.28. The first-order chi connectivity index (χ1) is 8.61. The molecule has 4 nitrogen and oxygen atoms in total. The highest BCUT2D eigenvalue weighted by Crippen LogP contribution is 2.24. The van der Waals surface area contributed by atoms with E-state index in [1.807, 2.05) is 6.07 Å². The monoisotopic (exact) mass is 281 g/mol. The Morgan fingerprint density at radius 2 is 2.39 bits per heavy atom.